The molecule has 4 nitrogen and oxygen atoms in total. The highest BCUT2D eigenvalue weighted by Gasteiger charge is 2.16. The Balaban J connectivity index is 1.77. The van der Waals surface area contributed by atoms with Gasteiger partial charge in [-0.15, -0.1) is 0 Å². The van der Waals surface area contributed by atoms with E-state index >= 15 is 0 Å². The molecule has 3 rings (SSSR count). The minimum atomic E-state index is -0.514. The number of nitriles is 1. The predicted molar refractivity (Wildman–Crippen MR) is 101 cm³/mol. The van der Waals surface area contributed by atoms with Gasteiger partial charge < -0.3 is 10.2 Å². The quantitative estimate of drug-likeness (QED) is 0.662. The molecule has 2 aromatic carbocycles. The maximum absolute atomic E-state index is 14.4. The van der Waals surface area contributed by atoms with Gasteiger partial charge in [0.1, 0.15) is 17.5 Å². The van der Waals surface area contributed by atoms with Crippen LogP contribution in [0.2, 0.25) is 0 Å². The fourth-order valence-corrected chi connectivity index (χ4v) is 2.98. The summed E-state index contributed by atoms with van der Waals surface area (Å²) in [6.45, 7) is 3.66. The summed E-state index contributed by atoms with van der Waals surface area (Å²) in [5.41, 5.74) is 2.67. The third kappa shape index (κ3) is 4.09. The predicted octanol–water partition coefficient (Wildman–Crippen LogP) is 4.28. The largest absolute Gasteiger partial charge is 0.369 e. The van der Waals surface area contributed by atoms with Gasteiger partial charge in [-0.3, -0.25) is 4.79 Å². The molecule has 1 saturated heterocycles. The molecule has 1 heterocycles. The van der Waals surface area contributed by atoms with E-state index in [1.165, 1.54) is 12.1 Å². The van der Waals surface area contributed by atoms with Crippen LogP contribution in [0.1, 0.15) is 24.0 Å². The van der Waals surface area contributed by atoms with Crippen LogP contribution in [-0.2, 0) is 4.79 Å². The van der Waals surface area contributed by atoms with Crippen LogP contribution in [-0.4, -0.2) is 19.0 Å². The Labute approximate surface area is 152 Å². The first-order valence-electron chi connectivity index (χ1n) is 8.61. The number of halogens is 1. The number of anilines is 2. The summed E-state index contributed by atoms with van der Waals surface area (Å²) >= 11 is 0. The van der Waals surface area contributed by atoms with Gasteiger partial charge in [0.25, 0.3) is 5.91 Å². The topological polar surface area (TPSA) is 56.1 Å². The van der Waals surface area contributed by atoms with Gasteiger partial charge in [0.2, 0.25) is 0 Å². The summed E-state index contributed by atoms with van der Waals surface area (Å²) < 4.78 is 14.4. The minimum absolute atomic E-state index is 0.0705. The maximum Gasteiger partial charge on any atom is 0.266 e. The van der Waals surface area contributed by atoms with Crippen molar-refractivity contribution in [3.05, 3.63) is 65.0 Å². The SMILES string of the molecule is Cc1ccc(NC(=O)/C(C#N)=C\c2ccc(N3CCCC3)c(F)c2)cc1. The van der Waals surface area contributed by atoms with Crippen LogP contribution in [0.25, 0.3) is 6.08 Å². The van der Waals surface area contributed by atoms with E-state index in [4.69, 9.17) is 0 Å². The molecule has 5 heteroatoms. The van der Waals surface area contributed by atoms with Gasteiger partial charge in [-0.1, -0.05) is 23.8 Å². The first kappa shape index (κ1) is 17.7. The van der Waals surface area contributed by atoms with Gasteiger partial charge in [0.15, 0.2) is 0 Å². The van der Waals surface area contributed by atoms with Crippen LogP contribution in [0.15, 0.2) is 48.0 Å². The highest BCUT2D eigenvalue weighted by molar-refractivity contribution is 6.09. The number of nitrogens with zero attached hydrogens (tertiary/aromatic N) is 2. The molecular formula is C21H20FN3O. The van der Waals surface area contributed by atoms with Gasteiger partial charge >= 0.3 is 0 Å². The fraction of sp³-hybridized carbons (Fsp3) is 0.238. The molecule has 2 aromatic rings. The van der Waals surface area contributed by atoms with Crippen molar-refractivity contribution in [1.82, 2.24) is 0 Å². The van der Waals surface area contributed by atoms with Gasteiger partial charge in [0.05, 0.1) is 5.69 Å². The molecule has 26 heavy (non-hydrogen) atoms. The average molecular weight is 349 g/mol. The highest BCUT2D eigenvalue weighted by atomic mass is 19.1. The van der Waals surface area contributed by atoms with Crippen molar-refractivity contribution in [2.75, 3.05) is 23.3 Å². The molecule has 1 aliphatic heterocycles. The second kappa shape index (κ2) is 7.83. The number of hydrogen-bond donors (Lipinski definition) is 1. The molecular weight excluding hydrogens is 329 g/mol. The second-order valence-electron chi connectivity index (χ2n) is 6.39. The smallest absolute Gasteiger partial charge is 0.266 e. The third-order valence-electron chi connectivity index (χ3n) is 4.40. The third-order valence-corrected chi connectivity index (χ3v) is 4.40. The zero-order valence-corrected chi connectivity index (χ0v) is 14.6. The molecule has 0 unspecified atom stereocenters. The van der Waals surface area contributed by atoms with E-state index in [9.17, 15) is 14.4 Å². The van der Waals surface area contributed by atoms with Gasteiger partial charge in [-0.05, 0) is 55.7 Å². The average Bonchev–Trinajstić information content (AvgIpc) is 3.16. The molecule has 0 radical (unpaired) electrons. The standard InChI is InChI=1S/C21H20FN3O/c1-15-4-7-18(8-5-15)24-21(26)17(14-23)12-16-6-9-20(19(22)13-16)25-10-2-3-11-25/h4-9,12-13H,2-3,10-11H2,1H3,(H,24,26)/b17-12-. The number of carbonyl (C=O) groups is 1. The minimum Gasteiger partial charge on any atom is -0.369 e. The lowest BCUT2D eigenvalue weighted by molar-refractivity contribution is -0.112. The van der Waals surface area contributed by atoms with Crippen molar-refractivity contribution in [3.63, 3.8) is 0 Å². The van der Waals surface area contributed by atoms with Crippen molar-refractivity contribution < 1.29 is 9.18 Å². The Bertz CT molecular complexity index is 875. The van der Waals surface area contributed by atoms with Crippen LogP contribution in [0.3, 0.4) is 0 Å². The number of aryl methyl sites for hydroxylation is 1. The van der Waals surface area contributed by atoms with Crippen LogP contribution in [0, 0.1) is 24.1 Å². The van der Waals surface area contributed by atoms with E-state index in [1.54, 1.807) is 24.3 Å². The Morgan fingerprint density at radius 1 is 1.19 bits per heavy atom. The summed E-state index contributed by atoms with van der Waals surface area (Å²) in [5, 5.41) is 12.0. The first-order chi connectivity index (χ1) is 12.6. The number of benzene rings is 2. The number of nitrogens with one attached hydrogen (secondary N) is 1. The maximum atomic E-state index is 14.4. The number of carbonyl (C=O) groups excluding carboxylic acids is 1. The molecule has 1 N–H and O–H groups in total. The molecule has 0 saturated carbocycles. The first-order valence-corrected chi connectivity index (χ1v) is 8.61. The van der Waals surface area contributed by atoms with Crippen LogP contribution in [0.5, 0.6) is 0 Å². The van der Waals surface area contributed by atoms with Crippen LogP contribution in [0.4, 0.5) is 15.8 Å². The summed E-state index contributed by atoms with van der Waals surface area (Å²) in [6.07, 6.45) is 3.54. The lowest BCUT2D eigenvalue weighted by Crippen LogP contribution is -2.18. The molecule has 0 atom stereocenters. The molecule has 1 aliphatic rings. The summed E-state index contributed by atoms with van der Waals surface area (Å²) in [4.78, 5) is 14.3. The molecule has 0 bridgehead atoms. The lowest BCUT2D eigenvalue weighted by atomic mass is 10.1. The van der Waals surface area contributed by atoms with Crippen LogP contribution < -0.4 is 10.2 Å². The number of amides is 1. The number of rotatable bonds is 4. The monoisotopic (exact) mass is 349 g/mol. The highest BCUT2D eigenvalue weighted by Crippen LogP contribution is 2.25. The Kier molecular flexibility index (Phi) is 5.33. The van der Waals surface area contributed by atoms with Crippen molar-refractivity contribution in [1.29, 1.82) is 5.26 Å². The summed E-state index contributed by atoms with van der Waals surface area (Å²) in [7, 11) is 0. The zero-order valence-electron chi connectivity index (χ0n) is 14.6. The number of hydrogen-bond acceptors (Lipinski definition) is 3. The normalized spacial score (nSPS) is 14.2. The Morgan fingerprint density at radius 2 is 1.88 bits per heavy atom. The Hall–Kier alpha value is -3.13. The van der Waals surface area contributed by atoms with E-state index in [1.807, 2.05) is 30.0 Å². The van der Waals surface area contributed by atoms with E-state index in [-0.39, 0.29) is 11.4 Å². The second-order valence-corrected chi connectivity index (χ2v) is 6.39. The molecule has 0 aliphatic carbocycles. The molecule has 0 aromatic heterocycles. The summed E-state index contributed by atoms with van der Waals surface area (Å²) in [5.74, 6) is -0.850. The molecule has 0 spiro atoms. The molecule has 1 fully saturated rings. The van der Waals surface area contributed by atoms with E-state index in [0.717, 1.165) is 31.5 Å². The summed E-state index contributed by atoms with van der Waals surface area (Å²) in [6, 6.07) is 14.0. The van der Waals surface area contributed by atoms with Crippen molar-refractivity contribution in [3.8, 4) is 6.07 Å². The lowest BCUT2D eigenvalue weighted by Gasteiger charge is -2.18. The molecule has 132 valence electrons. The Morgan fingerprint density at radius 3 is 2.50 bits per heavy atom. The van der Waals surface area contributed by atoms with Crippen molar-refractivity contribution in [2.24, 2.45) is 0 Å². The fourth-order valence-electron chi connectivity index (χ4n) is 2.98. The molecule has 1 amide bonds. The van der Waals surface area contributed by atoms with Gasteiger partial charge in [-0.2, -0.15) is 5.26 Å². The zero-order chi connectivity index (χ0) is 18.5. The van der Waals surface area contributed by atoms with Crippen molar-refractivity contribution >= 4 is 23.4 Å². The van der Waals surface area contributed by atoms with E-state index in [0.29, 0.717) is 16.9 Å². The van der Waals surface area contributed by atoms with E-state index < -0.39 is 5.91 Å². The van der Waals surface area contributed by atoms with Gasteiger partial charge in [-0.25, -0.2) is 4.39 Å². The van der Waals surface area contributed by atoms with E-state index in [2.05, 4.69) is 5.32 Å². The van der Waals surface area contributed by atoms with Crippen molar-refractivity contribution in [2.45, 2.75) is 19.8 Å². The van der Waals surface area contributed by atoms with Gasteiger partial charge in [0, 0.05) is 18.8 Å². The van der Waals surface area contributed by atoms with Crippen LogP contribution >= 0.6 is 0 Å².